The van der Waals surface area contributed by atoms with Crippen LogP contribution in [0.4, 0.5) is 0 Å². The van der Waals surface area contributed by atoms with E-state index in [1.54, 1.807) is 48.5 Å². The highest BCUT2D eigenvalue weighted by atomic mass is 16.5. The van der Waals surface area contributed by atoms with Gasteiger partial charge >= 0.3 is 0 Å². The van der Waals surface area contributed by atoms with Crippen molar-refractivity contribution in [3.63, 3.8) is 0 Å². The first-order valence-electron chi connectivity index (χ1n) is 21.7. The number of hydrogen-bond donors (Lipinski definition) is 2. The van der Waals surface area contributed by atoms with Gasteiger partial charge in [0.15, 0.2) is 0 Å². The van der Waals surface area contributed by atoms with Gasteiger partial charge < -0.3 is 9.47 Å². The molecule has 0 atom stereocenters. The van der Waals surface area contributed by atoms with Gasteiger partial charge in [0, 0.05) is 11.1 Å². The highest BCUT2D eigenvalue weighted by Crippen LogP contribution is 2.17. The topological polar surface area (TPSA) is 76.7 Å². The molecule has 6 heteroatoms. The van der Waals surface area contributed by atoms with Gasteiger partial charge in [0.05, 0.1) is 13.2 Å². The number of hydrogen-bond acceptors (Lipinski definition) is 4. The Labute approximate surface area is 319 Å². The second-order valence-corrected chi connectivity index (χ2v) is 14.8. The number of hydrazine groups is 1. The van der Waals surface area contributed by atoms with Crippen LogP contribution in [0, 0.1) is 0 Å². The van der Waals surface area contributed by atoms with Crippen LogP contribution in [0.3, 0.4) is 0 Å². The van der Waals surface area contributed by atoms with Gasteiger partial charge in [-0.3, -0.25) is 20.4 Å². The average Bonchev–Trinajstić information content (AvgIpc) is 3.17. The van der Waals surface area contributed by atoms with Crippen molar-refractivity contribution < 1.29 is 19.1 Å². The first-order valence-corrected chi connectivity index (χ1v) is 21.7. The first-order chi connectivity index (χ1) is 25.6. The molecule has 0 saturated heterocycles. The van der Waals surface area contributed by atoms with E-state index in [4.69, 9.17) is 9.47 Å². The number of rotatable bonds is 34. The van der Waals surface area contributed by atoms with Crippen molar-refractivity contribution in [1.82, 2.24) is 10.9 Å². The molecule has 6 nitrogen and oxygen atoms in total. The highest BCUT2D eigenvalue weighted by molar-refractivity contribution is 5.99. The average molecular weight is 721 g/mol. The van der Waals surface area contributed by atoms with Crippen molar-refractivity contribution in [3.8, 4) is 11.5 Å². The molecule has 0 radical (unpaired) electrons. The third-order valence-electron chi connectivity index (χ3n) is 10.1. The molecule has 2 aromatic carbocycles. The Balaban J connectivity index is 1.45. The molecular weight excluding hydrogens is 645 g/mol. The molecule has 0 aromatic heterocycles. The van der Waals surface area contributed by atoms with Crippen LogP contribution in [0.25, 0.3) is 0 Å². The van der Waals surface area contributed by atoms with Crippen molar-refractivity contribution in [2.75, 3.05) is 13.2 Å². The summed E-state index contributed by atoms with van der Waals surface area (Å²) in [5.74, 6) is 0.754. The van der Waals surface area contributed by atoms with E-state index in [1.807, 2.05) is 0 Å². The molecule has 294 valence electrons. The Morgan fingerprint density at radius 3 is 0.846 bits per heavy atom. The SMILES string of the molecule is CCCCCCCCCCCCCCCCOc1ccc(C(=O)NNC(=O)c2ccc(OCCCCCCCCCCCCCCCC)cc2)cc1. The highest BCUT2D eigenvalue weighted by Gasteiger charge is 2.10. The molecule has 0 heterocycles. The van der Waals surface area contributed by atoms with Gasteiger partial charge in [0.2, 0.25) is 0 Å². The third kappa shape index (κ3) is 24.3. The second kappa shape index (κ2) is 32.6. The molecule has 2 aromatic rings. The Kier molecular flexibility index (Phi) is 28.3. The van der Waals surface area contributed by atoms with E-state index in [9.17, 15) is 9.59 Å². The van der Waals surface area contributed by atoms with Crippen LogP contribution >= 0.6 is 0 Å². The van der Waals surface area contributed by atoms with Crippen molar-refractivity contribution in [1.29, 1.82) is 0 Å². The lowest BCUT2D eigenvalue weighted by Crippen LogP contribution is -2.41. The van der Waals surface area contributed by atoms with E-state index in [0.717, 1.165) is 24.3 Å². The van der Waals surface area contributed by atoms with Crippen LogP contribution < -0.4 is 20.3 Å². The van der Waals surface area contributed by atoms with E-state index in [2.05, 4.69) is 24.7 Å². The third-order valence-corrected chi connectivity index (χ3v) is 10.1. The number of unbranched alkanes of at least 4 members (excludes halogenated alkanes) is 26. The lowest BCUT2D eigenvalue weighted by Gasteiger charge is -2.10. The molecule has 0 fully saturated rings. The van der Waals surface area contributed by atoms with E-state index in [1.165, 1.54) is 167 Å². The molecule has 52 heavy (non-hydrogen) atoms. The van der Waals surface area contributed by atoms with Gasteiger partial charge in [0.1, 0.15) is 11.5 Å². The molecule has 0 spiro atoms. The fourth-order valence-corrected chi connectivity index (χ4v) is 6.64. The van der Waals surface area contributed by atoms with E-state index < -0.39 is 0 Å². The maximum atomic E-state index is 12.6. The number of amides is 2. The summed E-state index contributed by atoms with van der Waals surface area (Å²) in [4.78, 5) is 25.2. The van der Waals surface area contributed by atoms with Crippen molar-refractivity contribution >= 4 is 11.8 Å². The summed E-state index contributed by atoms with van der Waals surface area (Å²) in [6.45, 7) is 5.92. The Morgan fingerprint density at radius 1 is 0.365 bits per heavy atom. The van der Waals surface area contributed by atoms with Crippen LogP contribution in [0.5, 0.6) is 11.5 Å². The van der Waals surface area contributed by atoms with E-state index in [-0.39, 0.29) is 11.8 Å². The van der Waals surface area contributed by atoms with Crippen LogP contribution in [0.1, 0.15) is 214 Å². The summed E-state index contributed by atoms with van der Waals surface area (Å²) in [7, 11) is 0. The van der Waals surface area contributed by atoms with Crippen LogP contribution in [-0.2, 0) is 0 Å². The zero-order chi connectivity index (χ0) is 37.2. The molecule has 0 aliphatic heterocycles. The predicted octanol–water partition coefficient (Wildman–Crippen LogP) is 13.5. The monoisotopic (exact) mass is 721 g/mol. The predicted molar refractivity (Wildman–Crippen MR) is 219 cm³/mol. The van der Waals surface area contributed by atoms with Gasteiger partial charge in [-0.15, -0.1) is 0 Å². The molecule has 2 amide bonds. The number of ether oxygens (including phenoxy) is 2. The summed E-state index contributed by atoms with van der Waals surface area (Å²) < 4.78 is 11.8. The molecule has 0 bridgehead atoms. The van der Waals surface area contributed by atoms with Gasteiger partial charge in [-0.25, -0.2) is 0 Å². The van der Waals surface area contributed by atoms with Crippen molar-refractivity contribution in [2.24, 2.45) is 0 Å². The minimum absolute atomic E-state index is 0.375. The van der Waals surface area contributed by atoms with E-state index in [0.29, 0.717) is 24.3 Å². The Morgan fingerprint density at radius 2 is 0.596 bits per heavy atom. The molecular formula is C46H76N2O4. The van der Waals surface area contributed by atoms with Crippen molar-refractivity contribution in [2.45, 2.75) is 194 Å². The van der Waals surface area contributed by atoms with Crippen LogP contribution in [0.15, 0.2) is 48.5 Å². The number of carbonyl (C=O) groups is 2. The molecule has 2 N–H and O–H groups in total. The summed E-state index contributed by atoms with van der Waals surface area (Å²) in [5.41, 5.74) is 5.92. The minimum atomic E-state index is -0.375. The van der Waals surface area contributed by atoms with Gasteiger partial charge in [-0.05, 0) is 61.4 Å². The smallest absolute Gasteiger partial charge is 0.269 e. The minimum Gasteiger partial charge on any atom is -0.494 e. The lowest BCUT2D eigenvalue weighted by molar-refractivity contribution is 0.0846. The van der Waals surface area contributed by atoms with Crippen LogP contribution in [-0.4, -0.2) is 25.0 Å². The van der Waals surface area contributed by atoms with Crippen LogP contribution in [0.2, 0.25) is 0 Å². The molecule has 0 saturated carbocycles. The number of nitrogens with one attached hydrogen (secondary N) is 2. The molecule has 0 aliphatic carbocycles. The number of carbonyl (C=O) groups excluding carboxylic acids is 2. The van der Waals surface area contributed by atoms with Gasteiger partial charge in [-0.1, -0.05) is 181 Å². The maximum absolute atomic E-state index is 12.6. The standard InChI is InChI=1S/C46H76N2O4/c1-3-5-7-9-11-13-15-17-19-21-23-25-27-29-39-51-43-35-31-41(32-36-43)45(49)47-48-46(50)42-33-37-44(38-34-42)52-40-30-28-26-24-22-20-18-16-14-12-10-8-6-4-2/h31-38H,3-30,39-40H2,1-2H3,(H,47,49)(H,48,50). The Bertz CT molecular complexity index is 1030. The quantitative estimate of drug-likeness (QED) is 0.0557. The normalized spacial score (nSPS) is 11.0. The first kappa shape index (κ1) is 45.1. The summed E-state index contributed by atoms with van der Waals surface area (Å²) in [5, 5.41) is 0. The zero-order valence-corrected chi connectivity index (χ0v) is 33.5. The summed E-state index contributed by atoms with van der Waals surface area (Å²) in [6.07, 6.45) is 37.4. The van der Waals surface area contributed by atoms with E-state index >= 15 is 0 Å². The van der Waals surface area contributed by atoms with Gasteiger partial charge in [0.25, 0.3) is 11.8 Å². The fourth-order valence-electron chi connectivity index (χ4n) is 6.64. The summed E-state index contributed by atoms with van der Waals surface area (Å²) >= 11 is 0. The maximum Gasteiger partial charge on any atom is 0.269 e. The molecule has 2 rings (SSSR count). The van der Waals surface area contributed by atoms with Gasteiger partial charge in [-0.2, -0.15) is 0 Å². The zero-order valence-electron chi connectivity index (χ0n) is 33.5. The molecule has 0 unspecified atom stereocenters. The lowest BCUT2D eigenvalue weighted by atomic mass is 10.0. The largest absolute Gasteiger partial charge is 0.494 e. The molecule has 0 aliphatic rings. The Hall–Kier alpha value is -3.02. The second-order valence-electron chi connectivity index (χ2n) is 14.8. The van der Waals surface area contributed by atoms with Crippen molar-refractivity contribution in [3.05, 3.63) is 59.7 Å². The summed E-state index contributed by atoms with van der Waals surface area (Å²) in [6, 6.07) is 14.1. The number of benzene rings is 2. The fraction of sp³-hybridized carbons (Fsp3) is 0.696.